The molecule has 0 atom stereocenters. The molecule has 0 aliphatic carbocycles. The molecular formula is C42H88Cd5N6O6. The van der Waals surface area contributed by atoms with Crippen molar-refractivity contribution in [1.29, 1.82) is 0 Å². The minimum Gasteiger partial charge on any atom is -0.785 e. The van der Waals surface area contributed by atoms with Gasteiger partial charge in [0, 0.05) is 0 Å². The van der Waals surface area contributed by atoms with Crippen molar-refractivity contribution < 1.29 is 136 Å². The van der Waals surface area contributed by atoms with E-state index in [2.05, 4.69) is 38.1 Å². The molecule has 2 rings (SSSR count). The van der Waals surface area contributed by atoms with E-state index >= 15 is 0 Å². The maximum atomic E-state index is 10.1. The fourth-order valence-corrected chi connectivity index (χ4v) is 2.41. The molecule has 59 heavy (non-hydrogen) atoms. The van der Waals surface area contributed by atoms with Gasteiger partial charge in [0.1, 0.15) is 0 Å². The largest absolute Gasteiger partial charge is 2.00 e. The van der Waals surface area contributed by atoms with Gasteiger partial charge in [-0.3, -0.25) is 0 Å². The summed E-state index contributed by atoms with van der Waals surface area (Å²) in [4.78, 5) is 0. The molecule has 0 aliphatic rings. The van der Waals surface area contributed by atoms with Gasteiger partial charge in [0.05, 0.1) is 0 Å². The van der Waals surface area contributed by atoms with Crippen LogP contribution in [0.2, 0.25) is 0 Å². The third kappa shape index (κ3) is 115. The van der Waals surface area contributed by atoms with Gasteiger partial charge in [-0.15, -0.1) is 0 Å². The van der Waals surface area contributed by atoms with Gasteiger partial charge < -0.3 is 91.3 Å². The topological polar surface area (TPSA) is 158 Å². The van der Waals surface area contributed by atoms with Crippen molar-refractivity contribution in [2.45, 2.75) is 96.9 Å². The van der Waals surface area contributed by atoms with Crippen molar-refractivity contribution in [2.24, 2.45) is 0 Å². The maximum Gasteiger partial charge on any atom is 2.00 e. The van der Waals surface area contributed by atoms with Crippen LogP contribution < -0.4 is 0 Å². The molecule has 0 saturated heterocycles. The van der Waals surface area contributed by atoms with Crippen LogP contribution in [0.15, 0.2) is 60.7 Å². The van der Waals surface area contributed by atoms with E-state index in [0.717, 1.165) is 30.4 Å². The Morgan fingerprint density at radius 1 is 0.271 bits per heavy atom. The summed E-state index contributed by atoms with van der Waals surface area (Å²) in [5.41, 5.74) is 2.64. The molecule has 2 aromatic carbocycles. The summed E-state index contributed by atoms with van der Waals surface area (Å²) in [5, 5.41) is 66.6. The second kappa shape index (κ2) is 91.1. The second-order valence-electron chi connectivity index (χ2n) is 9.99. The quantitative estimate of drug-likeness (QED) is 0.113. The van der Waals surface area contributed by atoms with Gasteiger partial charge in [-0.05, 0) is 92.4 Å². The summed E-state index contributed by atoms with van der Waals surface area (Å²) >= 11 is 0. The molecule has 0 saturated carbocycles. The Morgan fingerprint density at radius 2 is 0.373 bits per heavy atom. The van der Waals surface area contributed by atoms with Crippen LogP contribution in [0.4, 0.5) is 0 Å². The zero-order chi connectivity index (χ0) is 40.2. The molecule has 0 amide bonds. The zero-order valence-electron chi connectivity index (χ0n) is 41.9. The van der Waals surface area contributed by atoms with E-state index in [1.807, 2.05) is 119 Å². The number of rotatable bonds is 12. The third-order valence-electron chi connectivity index (χ3n) is 6.11. The van der Waals surface area contributed by atoms with E-state index in [4.69, 9.17) is 0 Å². The van der Waals surface area contributed by atoms with Crippen molar-refractivity contribution in [3.63, 3.8) is 0 Å². The van der Waals surface area contributed by atoms with Gasteiger partial charge in [-0.25, -0.2) is 0 Å². The maximum absolute atomic E-state index is 10.1. The van der Waals surface area contributed by atoms with Crippen molar-refractivity contribution in [1.82, 2.24) is 30.4 Å². The van der Waals surface area contributed by atoms with Gasteiger partial charge >= 0.3 is 136 Å². The fourth-order valence-electron chi connectivity index (χ4n) is 2.41. The molecule has 0 unspecified atom stereocenters. The van der Waals surface area contributed by atoms with Crippen molar-refractivity contribution >= 4 is 0 Å². The Balaban J connectivity index is -0.0000000283. The van der Waals surface area contributed by atoms with Gasteiger partial charge in [-0.1, -0.05) is 155 Å². The van der Waals surface area contributed by atoms with Crippen LogP contribution >= 0.6 is 0 Å². The predicted octanol–water partition coefficient (Wildman–Crippen LogP) is 10.7. The number of benzene rings is 2. The molecule has 17 heteroatoms. The standard InChI is InChI=1S/2C7H8.6C4H10NO.4CH3.5Cd/c2*1-7-5-3-2-4-6-7;6*1-3-5(6)4-2;;;;;;;;;/h2*2-6H,1H3;6*3-4H2,1-2H3;4*1H3;;;;;/q;;10*-1;5*+2. The molecule has 0 radical (unpaired) electrons. The first-order valence-electron chi connectivity index (χ1n) is 18.2. The normalized spacial score (nSPS) is 8.17. The second-order valence-corrected chi connectivity index (χ2v) is 9.99. The van der Waals surface area contributed by atoms with Crippen molar-refractivity contribution in [2.75, 3.05) is 78.5 Å². The molecule has 0 fully saturated rings. The molecule has 0 N–H and O–H groups in total. The summed E-state index contributed by atoms with van der Waals surface area (Å²) in [6.45, 7) is 33.6. The van der Waals surface area contributed by atoms with E-state index in [0.29, 0.717) is 78.5 Å². The van der Waals surface area contributed by atoms with E-state index < -0.39 is 0 Å². The molecule has 332 valence electrons. The number of nitrogens with zero attached hydrogens (tertiary/aromatic N) is 6. The monoisotopic (exact) mass is 1340 g/mol. The average molecular weight is 1340 g/mol. The fraction of sp³-hybridized carbons (Fsp3) is 0.619. The molecule has 12 nitrogen and oxygen atoms in total. The Hall–Kier alpha value is 2.57. The molecule has 0 aromatic heterocycles. The number of hydrogen-bond donors (Lipinski definition) is 0. The minimum absolute atomic E-state index is 0. The predicted molar refractivity (Wildman–Crippen MR) is 246 cm³/mol. The van der Waals surface area contributed by atoms with Gasteiger partial charge in [0.15, 0.2) is 0 Å². The van der Waals surface area contributed by atoms with Crippen LogP contribution in [0.1, 0.15) is 94.2 Å². The Morgan fingerprint density at radius 3 is 0.407 bits per heavy atom. The number of aryl methyl sites for hydroxylation is 2. The molecule has 0 bridgehead atoms. The van der Waals surface area contributed by atoms with E-state index in [9.17, 15) is 31.2 Å². The van der Waals surface area contributed by atoms with Crippen LogP contribution in [0.25, 0.3) is 0 Å². The minimum atomic E-state index is 0. The first-order valence-corrected chi connectivity index (χ1v) is 18.2. The number of hydrogen-bond acceptors (Lipinski definition) is 12. The van der Waals surface area contributed by atoms with E-state index in [1.54, 1.807) is 0 Å². The molecule has 0 heterocycles. The van der Waals surface area contributed by atoms with E-state index in [-0.39, 0.29) is 166 Å². The molecular weight excluding hydrogens is 1250 g/mol. The Bertz CT molecular complexity index is 702. The first-order chi connectivity index (χ1) is 23.6. The Kier molecular flexibility index (Phi) is 161. The van der Waals surface area contributed by atoms with Crippen molar-refractivity contribution in [3.05, 3.63) is 133 Å². The van der Waals surface area contributed by atoms with Gasteiger partial charge in [0.2, 0.25) is 0 Å². The van der Waals surface area contributed by atoms with Gasteiger partial charge in [0.25, 0.3) is 0 Å². The summed E-state index contributed by atoms with van der Waals surface area (Å²) in [5.74, 6) is 0. The smallest absolute Gasteiger partial charge is 0.785 e. The van der Waals surface area contributed by atoms with Crippen LogP contribution in [-0.2, 0) is 136 Å². The van der Waals surface area contributed by atoms with Crippen LogP contribution in [0, 0.1) is 74.8 Å². The summed E-state index contributed by atoms with van der Waals surface area (Å²) in [7, 11) is 0. The van der Waals surface area contributed by atoms with Crippen LogP contribution in [0.3, 0.4) is 0 Å². The van der Waals surface area contributed by atoms with Crippen LogP contribution in [-0.4, -0.2) is 109 Å². The zero-order valence-corrected chi connectivity index (χ0v) is 62.1. The SMILES string of the molecule is CCN([O-])CC.CCN([O-])CC.CCN([O-])CC.CCN([O-])CC.CCN([O-])CC.CCN([O-])CC.Cc1ccccc1.Cc1ccccc1.[CH3-].[CH3-].[CH3-].[CH3-].[Cd+2].[Cd+2].[Cd+2].[Cd+2].[Cd+2]. The summed E-state index contributed by atoms with van der Waals surface area (Å²) < 4.78 is 0. The third-order valence-corrected chi connectivity index (χ3v) is 6.11. The molecule has 2 aromatic rings. The summed E-state index contributed by atoms with van der Waals surface area (Å²) in [6.07, 6.45) is 0. The van der Waals surface area contributed by atoms with Gasteiger partial charge in [-0.2, -0.15) is 0 Å². The first kappa shape index (κ1) is 104. The summed E-state index contributed by atoms with van der Waals surface area (Å²) in [6, 6.07) is 20.5. The molecule has 0 spiro atoms. The average Bonchev–Trinajstić information content (AvgIpc) is 3.17. The van der Waals surface area contributed by atoms with Crippen LogP contribution in [0.5, 0.6) is 0 Å². The van der Waals surface area contributed by atoms with Crippen molar-refractivity contribution in [3.8, 4) is 0 Å². The molecule has 0 aliphatic heterocycles. The Labute approximate surface area is 469 Å². The number of hydroxylamine groups is 12. The van der Waals surface area contributed by atoms with E-state index in [1.165, 1.54) is 11.1 Å².